The number of nitrogens with zero attached hydrogens (tertiary/aromatic N) is 1. The SMILES string of the molecule is CC/C=C\C/C=C\C/C=C\C/C=C\CCCCCCCCCCCCCCCCCCCCCCCCC(=O)NC(COP(=O)([O-])OCC[N+](C)(C)C)C(O)/C=C/CCCCCCCCCCCCCCCCCC. The van der Waals surface area contributed by atoms with Crippen molar-refractivity contribution in [3.63, 3.8) is 0 Å². The number of carbonyl (C=O) groups excluding carboxylic acids is 1. The largest absolute Gasteiger partial charge is 0.756 e. The number of carbonyl (C=O) groups is 1. The minimum absolute atomic E-state index is 0.0000405. The van der Waals surface area contributed by atoms with Crippen molar-refractivity contribution in [1.82, 2.24) is 5.32 Å². The zero-order chi connectivity index (χ0) is 54.9. The van der Waals surface area contributed by atoms with Gasteiger partial charge < -0.3 is 28.8 Å². The van der Waals surface area contributed by atoms with Crippen LogP contribution in [0.3, 0.4) is 0 Å². The Kier molecular flexibility index (Phi) is 55.5. The number of hydrogen-bond acceptors (Lipinski definition) is 6. The van der Waals surface area contributed by atoms with E-state index in [1.165, 1.54) is 218 Å². The van der Waals surface area contributed by atoms with Gasteiger partial charge in [-0.05, 0) is 57.8 Å². The monoisotopic (exact) mass is 1070 g/mol. The number of hydrogen-bond donors (Lipinski definition) is 2. The molecule has 440 valence electrons. The average molecular weight is 1070 g/mol. The van der Waals surface area contributed by atoms with Crippen LogP contribution in [0.4, 0.5) is 0 Å². The number of unbranched alkanes of at least 4 members (excludes halogenated alkanes) is 38. The molecule has 0 aromatic heterocycles. The lowest BCUT2D eigenvalue weighted by Gasteiger charge is -2.29. The topological polar surface area (TPSA) is 108 Å². The van der Waals surface area contributed by atoms with Crippen LogP contribution >= 0.6 is 7.82 Å². The molecule has 0 aliphatic heterocycles. The Morgan fingerprint density at radius 2 is 0.813 bits per heavy atom. The zero-order valence-corrected chi connectivity index (χ0v) is 51.1. The molecular weight excluding hydrogens is 948 g/mol. The number of nitrogens with one attached hydrogen (secondary N) is 1. The summed E-state index contributed by atoms with van der Waals surface area (Å²) in [4.78, 5) is 25.6. The molecule has 0 saturated heterocycles. The first kappa shape index (κ1) is 73.2. The summed E-state index contributed by atoms with van der Waals surface area (Å²) in [6.45, 7) is 4.57. The van der Waals surface area contributed by atoms with Crippen molar-refractivity contribution in [2.24, 2.45) is 0 Å². The van der Waals surface area contributed by atoms with E-state index in [4.69, 9.17) is 9.05 Å². The van der Waals surface area contributed by atoms with Crippen LogP contribution in [0.25, 0.3) is 0 Å². The Morgan fingerprint density at radius 3 is 1.19 bits per heavy atom. The number of amides is 1. The van der Waals surface area contributed by atoms with Crippen molar-refractivity contribution in [2.45, 2.75) is 315 Å². The number of aliphatic hydroxyl groups is 1. The highest BCUT2D eigenvalue weighted by Crippen LogP contribution is 2.38. The van der Waals surface area contributed by atoms with Crippen LogP contribution in [0.1, 0.15) is 303 Å². The molecule has 3 atom stereocenters. The molecule has 0 bridgehead atoms. The highest BCUT2D eigenvalue weighted by molar-refractivity contribution is 7.45. The van der Waals surface area contributed by atoms with Crippen molar-refractivity contribution in [1.29, 1.82) is 0 Å². The Bertz CT molecular complexity index is 1400. The summed E-state index contributed by atoms with van der Waals surface area (Å²) >= 11 is 0. The summed E-state index contributed by atoms with van der Waals surface area (Å²) in [5, 5.41) is 13.9. The molecule has 1 amide bonds. The summed E-state index contributed by atoms with van der Waals surface area (Å²) in [5.41, 5.74) is 0. The lowest BCUT2D eigenvalue weighted by Crippen LogP contribution is -2.45. The van der Waals surface area contributed by atoms with Gasteiger partial charge in [-0.3, -0.25) is 9.36 Å². The number of phosphoric ester groups is 1. The maximum atomic E-state index is 13.0. The summed E-state index contributed by atoms with van der Waals surface area (Å²) in [6.07, 6.45) is 77.5. The van der Waals surface area contributed by atoms with Gasteiger partial charge in [-0.1, -0.05) is 299 Å². The third kappa shape index (κ3) is 59.7. The van der Waals surface area contributed by atoms with E-state index in [0.717, 1.165) is 64.2 Å². The van der Waals surface area contributed by atoms with Crippen LogP contribution in [0.15, 0.2) is 60.8 Å². The van der Waals surface area contributed by atoms with Crippen molar-refractivity contribution < 1.29 is 32.9 Å². The fourth-order valence-corrected chi connectivity index (χ4v) is 10.2. The van der Waals surface area contributed by atoms with E-state index in [0.29, 0.717) is 17.4 Å². The van der Waals surface area contributed by atoms with Gasteiger partial charge in [0.15, 0.2) is 0 Å². The zero-order valence-electron chi connectivity index (χ0n) is 50.3. The number of likely N-dealkylation sites (N-methyl/N-ethyl adjacent to an activating group) is 1. The average Bonchev–Trinajstić information content (AvgIpc) is 3.37. The molecular formula is C66H125N2O6P. The Hall–Kier alpha value is -1.80. The molecule has 0 fully saturated rings. The van der Waals surface area contributed by atoms with E-state index in [1.54, 1.807) is 6.08 Å². The third-order valence-electron chi connectivity index (χ3n) is 14.5. The second-order valence-electron chi connectivity index (χ2n) is 23.1. The minimum Gasteiger partial charge on any atom is -0.756 e. The lowest BCUT2D eigenvalue weighted by molar-refractivity contribution is -0.870. The number of aliphatic hydroxyl groups excluding tert-OH is 1. The van der Waals surface area contributed by atoms with Gasteiger partial charge in [0, 0.05) is 6.42 Å². The first-order valence-electron chi connectivity index (χ1n) is 32.2. The molecule has 9 heteroatoms. The van der Waals surface area contributed by atoms with Gasteiger partial charge in [-0.25, -0.2) is 0 Å². The van der Waals surface area contributed by atoms with Gasteiger partial charge in [0.05, 0.1) is 39.9 Å². The van der Waals surface area contributed by atoms with Gasteiger partial charge in [-0.2, -0.15) is 0 Å². The molecule has 0 spiro atoms. The lowest BCUT2D eigenvalue weighted by atomic mass is 10.0. The van der Waals surface area contributed by atoms with Gasteiger partial charge in [0.1, 0.15) is 13.2 Å². The molecule has 0 aromatic rings. The van der Waals surface area contributed by atoms with Crippen LogP contribution in [-0.2, 0) is 18.4 Å². The summed E-state index contributed by atoms with van der Waals surface area (Å²) in [5.74, 6) is -0.193. The van der Waals surface area contributed by atoms with Crippen LogP contribution in [0.2, 0.25) is 0 Å². The van der Waals surface area contributed by atoms with E-state index >= 15 is 0 Å². The molecule has 3 unspecified atom stereocenters. The Labute approximate surface area is 466 Å². The van der Waals surface area contributed by atoms with E-state index in [2.05, 4.69) is 67.8 Å². The number of phosphoric acid groups is 1. The molecule has 0 aliphatic rings. The molecule has 75 heavy (non-hydrogen) atoms. The molecule has 0 radical (unpaired) electrons. The molecule has 0 saturated carbocycles. The number of rotatable bonds is 59. The molecule has 0 aliphatic carbocycles. The molecule has 0 heterocycles. The first-order chi connectivity index (χ1) is 36.5. The Balaban J connectivity index is 4.01. The highest BCUT2D eigenvalue weighted by atomic mass is 31.2. The molecule has 0 aromatic carbocycles. The van der Waals surface area contributed by atoms with Gasteiger partial charge in [-0.15, -0.1) is 0 Å². The summed E-state index contributed by atoms with van der Waals surface area (Å²) in [6, 6.07) is -0.886. The quantitative estimate of drug-likeness (QED) is 0.0272. The van der Waals surface area contributed by atoms with Crippen LogP contribution in [0.5, 0.6) is 0 Å². The first-order valence-corrected chi connectivity index (χ1v) is 33.6. The third-order valence-corrected chi connectivity index (χ3v) is 15.4. The number of allylic oxidation sites excluding steroid dienone is 9. The highest BCUT2D eigenvalue weighted by Gasteiger charge is 2.23. The normalized spacial score (nSPS) is 14.2. The van der Waals surface area contributed by atoms with Gasteiger partial charge in [0.25, 0.3) is 7.82 Å². The van der Waals surface area contributed by atoms with Crippen LogP contribution in [0, 0.1) is 0 Å². The number of quaternary nitrogens is 1. The Morgan fingerprint density at radius 1 is 0.480 bits per heavy atom. The van der Waals surface area contributed by atoms with Crippen LogP contribution < -0.4 is 10.2 Å². The molecule has 0 rings (SSSR count). The minimum atomic E-state index is -4.60. The predicted molar refractivity (Wildman–Crippen MR) is 325 cm³/mol. The van der Waals surface area contributed by atoms with Crippen LogP contribution in [-0.4, -0.2) is 68.5 Å². The van der Waals surface area contributed by atoms with E-state index in [1.807, 2.05) is 27.2 Å². The summed E-state index contributed by atoms with van der Waals surface area (Å²) < 4.78 is 23.4. The fraction of sp³-hybridized carbons (Fsp3) is 0.833. The van der Waals surface area contributed by atoms with E-state index < -0.39 is 20.0 Å². The second kappa shape index (κ2) is 56.9. The fourth-order valence-electron chi connectivity index (χ4n) is 9.50. The van der Waals surface area contributed by atoms with Crippen molar-refractivity contribution >= 4 is 13.7 Å². The molecule has 8 nitrogen and oxygen atoms in total. The smallest absolute Gasteiger partial charge is 0.268 e. The summed E-state index contributed by atoms with van der Waals surface area (Å²) in [7, 11) is 1.27. The molecule has 2 N–H and O–H groups in total. The van der Waals surface area contributed by atoms with E-state index in [9.17, 15) is 19.4 Å². The maximum absolute atomic E-state index is 13.0. The predicted octanol–water partition coefficient (Wildman–Crippen LogP) is 19.4. The van der Waals surface area contributed by atoms with Gasteiger partial charge >= 0.3 is 0 Å². The standard InChI is InChI=1S/C66H125N2O6P/c1-6-8-10-12-14-16-18-20-22-24-26-27-28-29-30-31-32-33-34-35-36-37-38-39-40-41-42-44-46-48-50-52-54-56-58-60-66(70)67-64(63-74-75(71,72)73-62-61-68(3,4)5)65(69)59-57-55-53-51-49-47-45-43-25-23-21-19-17-15-13-11-9-7-2/h8,10,14,16,20,22,26-27,57,59,64-65,69H,6-7,9,11-13,15,17-19,21,23-25,28-56,58,60-63H2,1-5H3,(H-,67,70,71,72)/b10-8-,16-14-,22-20-,27-26-,59-57+. The maximum Gasteiger partial charge on any atom is 0.268 e. The van der Waals surface area contributed by atoms with E-state index in [-0.39, 0.29) is 19.1 Å². The van der Waals surface area contributed by atoms with Crippen molar-refractivity contribution in [2.75, 3.05) is 40.9 Å². The second-order valence-corrected chi connectivity index (χ2v) is 24.5. The van der Waals surface area contributed by atoms with Crippen molar-refractivity contribution in [3.8, 4) is 0 Å². The van der Waals surface area contributed by atoms with Crippen molar-refractivity contribution in [3.05, 3.63) is 60.8 Å². The van der Waals surface area contributed by atoms with Gasteiger partial charge in [0.2, 0.25) is 5.91 Å².